The first-order valence-corrected chi connectivity index (χ1v) is 12.8. The van der Waals surface area contributed by atoms with Gasteiger partial charge in [-0.3, -0.25) is 9.59 Å². The van der Waals surface area contributed by atoms with Crippen molar-refractivity contribution in [2.45, 2.75) is 69.9 Å². The number of anilines is 1. The van der Waals surface area contributed by atoms with Gasteiger partial charge in [0.15, 0.2) is 0 Å². The predicted molar refractivity (Wildman–Crippen MR) is 122 cm³/mol. The SMILES string of the molecule is CCOc1ccc(NC(=O)C(C)N2C(=O)NC3(CCCC3)C2=O)cc1S(=O)(=O)N(CC)CC. The Kier molecular flexibility index (Phi) is 7.32. The summed E-state index contributed by atoms with van der Waals surface area (Å²) in [5.74, 6) is -0.791. The molecule has 1 aromatic carbocycles. The molecule has 1 heterocycles. The largest absolute Gasteiger partial charge is 0.492 e. The lowest BCUT2D eigenvalue weighted by molar-refractivity contribution is -0.136. The summed E-state index contributed by atoms with van der Waals surface area (Å²) in [6, 6.07) is 2.71. The molecule has 1 aromatic rings. The van der Waals surface area contributed by atoms with Gasteiger partial charge in [0, 0.05) is 18.8 Å². The molecule has 0 radical (unpaired) electrons. The maximum atomic E-state index is 13.1. The van der Waals surface area contributed by atoms with Crippen molar-refractivity contribution >= 4 is 33.6 Å². The van der Waals surface area contributed by atoms with Crippen molar-refractivity contribution in [3.05, 3.63) is 18.2 Å². The van der Waals surface area contributed by atoms with Crippen LogP contribution in [0.15, 0.2) is 23.1 Å². The molecule has 2 fully saturated rings. The summed E-state index contributed by atoms with van der Waals surface area (Å²) in [7, 11) is -3.85. The lowest BCUT2D eigenvalue weighted by atomic mass is 9.97. The van der Waals surface area contributed by atoms with Crippen LogP contribution in [-0.4, -0.2) is 66.7 Å². The molecule has 0 aromatic heterocycles. The molecule has 1 aliphatic carbocycles. The van der Waals surface area contributed by atoms with E-state index in [0.717, 1.165) is 17.7 Å². The van der Waals surface area contributed by atoms with Crippen molar-refractivity contribution in [1.82, 2.24) is 14.5 Å². The maximum absolute atomic E-state index is 13.1. The normalized spacial score (nSPS) is 18.6. The molecule has 1 aliphatic heterocycles. The second-order valence-electron chi connectivity index (χ2n) is 8.24. The minimum atomic E-state index is -3.85. The maximum Gasteiger partial charge on any atom is 0.325 e. The molecule has 0 bridgehead atoms. The van der Waals surface area contributed by atoms with E-state index in [4.69, 9.17) is 4.74 Å². The zero-order valence-electron chi connectivity index (χ0n) is 19.5. The van der Waals surface area contributed by atoms with Crippen molar-refractivity contribution in [3.8, 4) is 5.75 Å². The van der Waals surface area contributed by atoms with Crippen molar-refractivity contribution in [2.24, 2.45) is 0 Å². The molecule has 11 heteroatoms. The number of amides is 4. The molecule has 1 saturated heterocycles. The van der Waals surface area contributed by atoms with E-state index in [0.29, 0.717) is 12.8 Å². The Morgan fingerprint density at radius 1 is 1.21 bits per heavy atom. The van der Waals surface area contributed by atoms with Crippen molar-refractivity contribution in [1.29, 1.82) is 0 Å². The number of rotatable bonds is 9. The van der Waals surface area contributed by atoms with E-state index in [1.54, 1.807) is 20.8 Å². The number of urea groups is 1. The summed E-state index contributed by atoms with van der Waals surface area (Å²) in [5, 5.41) is 5.40. The van der Waals surface area contributed by atoms with Crippen molar-refractivity contribution in [2.75, 3.05) is 25.0 Å². The smallest absolute Gasteiger partial charge is 0.325 e. The van der Waals surface area contributed by atoms with E-state index in [1.165, 1.54) is 29.4 Å². The summed E-state index contributed by atoms with van der Waals surface area (Å²) in [5.41, 5.74) is -0.681. The van der Waals surface area contributed by atoms with E-state index in [2.05, 4.69) is 10.6 Å². The van der Waals surface area contributed by atoms with Gasteiger partial charge < -0.3 is 15.4 Å². The highest BCUT2D eigenvalue weighted by atomic mass is 32.2. The van der Waals surface area contributed by atoms with E-state index < -0.39 is 33.5 Å². The lowest BCUT2D eigenvalue weighted by Gasteiger charge is -2.24. The van der Waals surface area contributed by atoms with Gasteiger partial charge in [-0.25, -0.2) is 18.1 Å². The monoisotopic (exact) mass is 480 g/mol. The van der Waals surface area contributed by atoms with Crippen LogP contribution >= 0.6 is 0 Å². The number of benzene rings is 1. The number of nitrogens with one attached hydrogen (secondary N) is 2. The molecular formula is C22H32N4O6S. The van der Waals surface area contributed by atoms with Gasteiger partial charge in [-0.05, 0) is 44.9 Å². The van der Waals surface area contributed by atoms with Gasteiger partial charge in [0.05, 0.1) is 6.61 Å². The first-order chi connectivity index (χ1) is 15.6. The second-order valence-corrected chi connectivity index (χ2v) is 10.1. The molecule has 33 heavy (non-hydrogen) atoms. The number of hydrogen-bond acceptors (Lipinski definition) is 6. The third-order valence-electron chi connectivity index (χ3n) is 6.25. The standard InChI is InChI=1S/C22H32N4O6S/c1-5-25(6-2)33(30,31)18-14-16(10-11-17(18)32-7-3)23-19(27)15(4)26-20(28)22(24-21(26)29)12-8-9-13-22/h10-11,14-15H,5-9,12-13H2,1-4H3,(H,23,27)(H,24,29). The number of nitrogens with zero attached hydrogens (tertiary/aromatic N) is 2. The first kappa shape index (κ1) is 25.0. The second kappa shape index (κ2) is 9.68. The Bertz CT molecular complexity index is 1030. The number of sulfonamides is 1. The molecule has 1 saturated carbocycles. The highest BCUT2D eigenvalue weighted by Crippen LogP contribution is 2.36. The van der Waals surface area contributed by atoms with Gasteiger partial charge in [-0.2, -0.15) is 4.31 Å². The van der Waals surface area contributed by atoms with E-state index in [9.17, 15) is 22.8 Å². The van der Waals surface area contributed by atoms with Gasteiger partial charge in [-0.1, -0.05) is 26.7 Å². The van der Waals surface area contributed by atoms with Gasteiger partial charge in [-0.15, -0.1) is 0 Å². The fourth-order valence-electron chi connectivity index (χ4n) is 4.44. The third kappa shape index (κ3) is 4.56. The molecule has 182 valence electrons. The summed E-state index contributed by atoms with van der Waals surface area (Å²) >= 11 is 0. The van der Waals surface area contributed by atoms with Gasteiger partial charge in [0.25, 0.3) is 5.91 Å². The van der Waals surface area contributed by atoms with E-state index in [-0.39, 0.29) is 41.9 Å². The Labute approximate surface area is 194 Å². The number of carbonyl (C=O) groups is 3. The Hall–Kier alpha value is -2.66. The lowest BCUT2D eigenvalue weighted by Crippen LogP contribution is -2.48. The summed E-state index contributed by atoms with van der Waals surface area (Å²) in [6.07, 6.45) is 2.81. The summed E-state index contributed by atoms with van der Waals surface area (Å²) < 4.78 is 33.1. The minimum absolute atomic E-state index is 0.0570. The molecule has 3 rings (SSSR count). The van der Waals surface area contributed by atoms with Crippen LogP contribution in [-0.2, 0) is 19.6 Å². The Morgan fingerprint density at radius 2 is 1.85 bits per heavy atom. The van der Waals surface area contributed by atoms with Gasteiger partial charge in [0.2, 0.25) is 15.9 Å². The van der Waals surface area contributed by atoms with E-state index in [1.807, 2.05) is 0 Å². The number of imide groups is 1. The van der Waals surface area contributed by atoms with Crippen LogP contribution in [0.5, 0.6) is 5.75 Å². The Morgan fingerprint density at radius 3 is 2.42 bits per heavy atom. The van der Waals surface area contributed by atoms with Crippen molar-refractivity contribution < 1.29 is 27.5 Å². The quantitative estimate of drug-likeness (QED) is 0.523. The minimum Gasteiger partial charge on any atom is -0.492 e. The highest BCUT2D eigenvalue weighted by Gasteiger charge is 2.54. The molecule has 1 spiro atoms. The molecule has 2 aliphatic rings. The van der Waals surface area contributed by atoms with Crippen LogP contribution in [0.25, 0.3) is 0 Å². The average Bonchev–Trinajstić information content (AvgIpc) is 3.33. The first-order valence-electron chi connectivity index (χ1n) is 11.3. The topological polar surface area (TPSA) is 125 Å². The van der Waals surface area contributed by atoms with Crippen LogP contribution < -0.4 is 15.4 Å². The zero-order chi connectivity index (χ0) is 24.4. The van der Waals surface area contributed by atoms with Gasteiger partial charge in [0.1, 0.15) is 22.2 Å². The van der Waals surface area contributed by atoms with Crippen LogP contribution in [0.4, 0.5) is 10.5 Å². The summed E-state index contributed by atoms with van der Waals surface area (Å²) in [4.78, 5) is 39.3. The Balaban J connectivity index is 1.85. The molecule has 4 amide bonds. The van der Waals surface area contributed by atoms with Crippen LogP contribution in [0, 0.1) is 0 Å². The van der Waals surface area contributed by atoms with E-state index >= 15 is 0 Å². The van der Waals surface area contributed by atoms with Crippen LogP contribution in [0.2, 0.25) is 0 Å². The third-order valence-corrected chi connectivity index (χ3v) is 8.32. The molecule has 1 atom stereocenters. The molecule has 10 nitrogen and oxygen atoms in total. The van der Waals surface area contributed by atoms with Crippen molar-refractivity contribution in [3.63, 3.8) is 0 Å². The molecule has 2 N–H and O–H groups in total. The fourth-order valence-corrected chi connectivity index (χ4v) is 6.05. The van der Waals surface area contributed by atoms with Gasteiger partial charge >= 0.3 is 6.03 Å². The summed E-state index contributed by atoms with van der Waals surface area (Å²) in [6.45, 7) is 7.55. The number of carbonyl (C=O) groups excluding carboxylic acids is 3. The highest BCUT2D eigenvalue weighted by molar-refractivity contribution is 7.89. The predicted octanol–water partition coefficient (Wildman–Crippen LogP) is 2.31. The van der Waals surface area contributed by atoms with Crippen LogP contribution in [0.1, 0.15) is 53.4 Å². The fraction of sp³-hybridized carbons (Fsp3) is 0.591. The molecular weight excluding hydrogens is 448 g/mol. The number of ether oxygens (including phenoxy) is 1. The zero-order valence-corrected chi connectivity index (χ0v) is 20.3. The van der Waals surface area contributed by atoms with Crippen LogP contribution in [0.3, 0.4) is 0 Å². The molecule has 1 unspecified atom stereocenters. The number of hydrogen-bond donors (Lipinski definition) is 2. The average molecular weight is 481 g/mol.